The van der Waals surface area contributed by atoms with E-state index < -0.39 is 6.10 Å². The van der Waals surface area contributed by atoms with Gasteiger partial charge in [0, 0.05) is 19.3 Å². The molecule has 486 valence electrons. The lowest BCUT2D eigenvalue weighted by molar-refractivity contribution is -0.167. The molecule has 6 heteroatoms. The van der Waals surface area contributed by atoms with Crippen molar-refractivity contribution < 1.29 is 28.6 Å². The molecule has 0 aliphatic carbocycles. The van der Waals surface area contributed by atoms with Gasteiger partial charge in [-0.25, -0.2) is 0 Å². The zero-order valence-corrected chi connectivity index (χ0v) is 56.0. The van der Waals surface area contributed by atoms with Crippen LogP contribution in [0.5, 0.6) is 0 Å². The minimum Gasteiger partial charge on any atom is -0.462 e. The van der Waals surface area contributed by atoms with E-state index in [0.717, 1.165) is 96.3 Å². The van der Waals surface area contributed by atoms with Gasteiger partial charge in [0.15, 0.2) is 6.10 Å². The SMILES string of the molecule is CC/C=C\C/C=C\C/C=C\C/C=C\CCCCCCCCC(=O)OC(COC(=O)CCCCCCCCCCCCCCCCCCC)COC(=O)CCCCCCCCCCCCCCCCCCCCCCCCCCCCCCC. The molecule has 0 fully saturated rings. The van der Waals surface area contributed by atoms with Gasteiger partial charge in [-0.2, -0.15) is 0 Å². The van der Waals surface area contributed by atoms with Crippen molar-refractivity contribution in [1.29, 1.82) is 0 Å². The molecule has 0 saturated carbocycles. The van der Waals surface area contributed by atoms with E-state index in [0.29, 0.717) is 19.3 Å². The van der Waals surface area contributed by atoms with E-state index in [1.54, 1.807) is 0 Å². The number of carbonyl (C=O) groups excluding carboxylic acids is 3. The monoisotopic (exact) mass is 1160 g/mol. The standard InChI is InChI=1S/C77H142O6/c1-4-7-10-13-16-19-22-25-28-31-33-34-35-36-37-38-39-40-41-42-44-46-49-52-55-58-61-64-67-70-76(79)82-73-74(72-81-75(78)69-66-63-60-57-54-51-48-45-30-27-24-21-18-15-12-9-6-3)83-77(80)71-68-65-62-59-56-53-50-47-43-32-29-26-23-20-17-14-11-8-5-2/h8,11,17,20,26,29,43,47,74H,4-7,9-10,12-16,18-19,21-25,27-28,30-42,44-46,48-73H2,1-3H3/b11-8-,20-17-,29-26-,47-43-. The number of esters is 3. The minimum atomic E-state index is -0.780. The smallest absolute Gasteiger partial charge is 0.306 e. The van der Waals surface area contributed by atoms with Gasteiger partial charge in [-0.15, -0.1) is 0 Å². The molecular formula is C77H142O6. The highest BCUT2D eigenvalue weighted by molar-refractivity contribution is 5.71. The summed E-state index contributed by atoms with van der Waals surface area (Å²) in [7, 11) is 0. The molecule has 1 unspecified atom stereocenters. The van der Waals surface area contributed by atoms with Crippen LogP contribution in [0, 0.1) is 0 Å². The van der Waals surface area contributed by atoms with Gasteiger partial charge >= 0.3 is 17.9 Å². The Morgan fingerprint density at radius 3 is 0.735 bits per heavy atom. The Morgan fingerprint density at radius 1 is 0.253 bits per heavy atom. The Bertz CT molecular complexity index is 1430. The first-order chi connectivity index (χ1) is 41.0. The second kappa shape index (κ2) is 71.8. The molecule has 0 heterocycles. The Hall–Kier alpha value is -2.63. The lowest BCUT2D eigenvalue weighted by Gasteiger charge is -2.18. The summed E-state index contributed by atoms with van der Waals surface area (Å²) >= 11 is 0. The van der Waals surface area contributed by atoms with E-state index in [9.17, 15) is 14.4 Å². The van der Waals surface area contributed by atoms with Crippen LogP contribution in [0.15, 0.2) is 48.6 Å². The fraction of sp³-hybridized carbons (Fsp3) is 0.857. The lowest BCUT2D eigenvalue weighted by Crippen LogP contribution is -2.30. The van der Waals surface area contributed by atoms with Gasteiger partial charge in [0.2, 0.25) is 0 Å². The number of hydrogen-bond acceptors (Lipinski definition) is 6. The van der Waals surface area contributed by atoms with Crippen molar-refractivity contribution >= 4 is 17.9 Å². The number of carbonyl (C=O) groups is 3. The molecule has 0 aromatic carbocycles. The summed E-state index contributed by atoms with van der Waals surface area (Å²) in [5.41, 5.74) is 0. The van der Waals surface area contributed by atoms with Crippen molar-refractivity contribution in [3.05, 3.63) is 48.6 Å². The van der Waals surface area contributed by atoms with Gasteiger partial charge in [-0.3, -0.25) is 14.4 Å². The predicted molar refractivity (Wildman–Crippen MR) is 362 cm³/mol. The molecule has 83 heavy (non-hydrogen) atoms. The minimum absolute atomic E-state index is 0.0736. The lowest BCUT2D eigenvalue weighted by atomic mass is 10.0. The van der Waals surface area contributed by atoms with Crippen molar-refractivity contribution in [2.24, 2.45) is 0 Å². The zero-order chi connectivity index (χ0) is 59.9. The molecule has 0 spiro atoms. The summed E-state index contributed by atoms with van der Waals surface area (Å²) in [6.07, 6.45) is 91.6. The maximum Gasteiger partial charge on any atom is 0.306 e. The van der Waals surface area contributed by atoms with Crippen molar-refractivity contribution in [3.8, 4) is 0 Å². The number of unbranched alkanes of at least 4 members (excludes halogenated alkanes) is 50. The molecule has 0 aliphatic rings. The van der Waals surface area contributed by atoms with Crippen LogP contribution in [0.1, 0.15) is 406 Å². The summed E-state index contributed by atoms with van der Waals surface area (Å²) < 4.78 is 17.0. The van der Waals surface area contributed by atoms with Gasteiger partial charge in [0.25, 0.3) is 0 Å². The summed E-state index contributed by atoms with van der Waals surface area (Å²) in [5.74, 6) is -0.857. The average Bonchev–Trinajstić information content (AvgIpc) is 3.49. The summed E-state index contributed by atoms with van der Waals surface area (Å²) in [6, 6.07) is 0. The van der Waals surface area contributed by atoms with Crippen molar-refractivity contribution in [3.63, 3.8) is 0 Å². The second-order valence-electron chi connectivity index (χ2n) is 25.2. The third-order valence-electron chi connectivity index (χ3n) is 16.8. The van der Waals surface area contributed by atoms with E-state index in [1.165, 1.54) is 270 Å². The third-order valence-corrected chi connectivity index (χ3v) is 16.8. The number of rotatable bonds is 69. The Balaban J connectivity index is 4.24. The van der Waals surface area contributed by atoms with E-state index >= 15 is 0 Å². The fourth-order valence-electron chi connectivity index (χ4n) is 11.3. The largest absolute Gasteiger partial charge is 0.462 e. The molecule has 0 saturated heterocycles. The van der Waals surface area contributed by atoms with Crippen LogP contribution in [0.25, 0.3) is 0 Å². The van der Waals surface area contributed by atoms with E-state index in [4.69, 9.17) is 14.2 Å². The van der Waals surface area contributed by atoms with E-state index in [1.807, 2.05) is 0 Å². The first kappa shape index (κ1) is 80.4. The molecule has 0 aromatic heterocycles. The van der Waals surface area contributed by atoms with Crippen molar-refractivity contribution in [2.45, 2.75) is 412 Å². The predicted octanol–water partition coefficient (Wildman–Crippen LogP) is 25.7. The highest BCUT2D eigenvalue weighted by atomic mass is 16.6. The molecule has 6 nitrogen and oxygen atoms in total. The summed E-state index contributed by atoms with van der Waals surface area (Å²) in [6.45, 7) is 6.60. The zero-order valence-electron chi connectivity index (χ0n) is 56.0. The molecule has 1 atom stereocenters. The first-order valence-corrected chi connectivity index (χ1v) is 37.1. The highest BCUT2D eigenvalue weighted by Crippen LogP contribution is 2.19. The maximum absolute atomic E-state index is 13.0. The van der Waals surface area contributed by atoms with Gasteiger partial charge in [0.1, 0.15) is 13.2 Å². The molecule has 0 rings (SSSR count). The number of hydrogen-bond donors (Lipinski definition) is 0. The number of ether oxygens (including phenoxy) is 3. The Morgan fingerprint density at radius 2 is 0.470 bits per heavy atom. The normalized spacial score (nSPS) is 12.3. The fourth-order valence-corrected chi connectivity index (χ4v) is 11.3. The van der Waals surface area contributed by atoms with Crippen LogP contribution >= 0.6 is 0 Å². The van der Waals surface area contributed by atoms with Crippen LogP contribution < -0.4 is 0 Å². The number of allylic oxidation sites excluding steroid dienone is 8. The second-order valence-corrected chi connectivity index (χ2v) is 25.2. The Labute approximate surface area is 518 Å². The van der Waals surface area contributed by atoms with Gasteiger partial charge in [-0.05, 0) is 57.8 Å². The first-order valence-electron chi connectivity index (χ1n) is 37.1. The quantitative estimate of drug-likeness (QED) is 0.0261. The summed E-state index contributed by atoms with van der Waals surface area (Å²) in [5, 5.41) is 0. The maximum atomic E-state index is 13.0. The molecule has 0 radical (unpaired) electrons. The highest BCUT2D eigenvalue weighted by Gasteiger charge is 2.20. The van der Waals surface area contributed by atoms with Crippen molar-refractivity contribution in [2.75, 3.05) is 13.2 Å². The third kappa shape index (κ3) is 70.0. The Kier molecular flexibility index (Phi) is 69.6. The van der Waals surface area contributed by atoms with Crippen LogP contribution in [0.2, 0.25) is 0 Å². The molecule has 0 bridgehead atoms. The molecular weight excluding hydrogens is 1020 g/mol. The molecule has 0 aromatic rings. The van der Waals surface area contributed by atoms with Crippen LogP contribution in [0.4, 0.5) is 0 Å². The van der Waals surface area contributed by atoms with Crippen LogP contribution in [-0.4, -0.2) is 37.2 Å². The molecule has 0 amide bonds. The van der Waals surface area contributed by atoms with E-state index in [2.05, 4.69) is 69.4 Å². The van der Waals surface area contributed by atoms with Crippen LogP contribution in [-0.2, 0) is 28.6 Å². The summed E-state index contributed by atoms with van der Waals surface area (Å²) in [4.78, 5) is 38.5. The van der Waals surface area contributed by atoms with Gasteiger partial charge < -0.3 is 14.2 Å². The van der Waals surface area contributed by atoms with Crippen molar-refractivity contribution in [1.82, 2.24) is 0 Å². The van der Waals surface area contributed by atoms with E-state index in [-0.39, 0.29) is 31.1 Å². The van der Waals surface area contributed by atoms with Gasteiger partial charge in [-0.1, -0.05) is 378 Å². The topological polar surface area (TPSA) is 78.9 Å². The average molecular weight is 1160 g/mol. The van der Waals surface area contributed by atoms with Gasteiger partial charge in [0.05, 0.1) is 0 Å². The molecule has 0 N–H and O–H groups in total. The van der Waals surface area contributed by atoms with Crippen LogP contribution in [0.3, 0.4) is 0 Å². The molecule has 0 aliphatic heterocycles.